The molecule has 1 aromatic heterocycles. The van der Waals surface area contributed by atoms with Crippen molar-refractivity contribution in [3.05, 3.63) is 53.9 Å². The Hall–Kier alpha value is -3.34. The van der Waals surface area contributed by atoms with E-state index in [1.807, 2.05) is 6.07 Å². The molecule has 2 amide bonds. The van der Waals surface area contributed by atoms with Gasteiger partial charge in [-0.2, -0.15) is 5.26 Å². The minimum atomic E-state index is -3.13. The molecule has 3 rings (SSSR count). The predicted octanol–water partition coefficient (Wildman–Crippen LogP) is 2.93. The van der Waals surface area contributed by atoms with Gasteiger partial charge < -0.3 is 10.6 Å². The van der Waals surface area contributed by atoms with Crippen LogP contribution >= 0.6 is 0 Å². The quantitative estimate of drug-likeness (QED) is 0.837. The minimum Gasteiger partial charge on any atom is -0.366 e. The lowest BCUT2D eigenvalue weighted by Crippen LogP contribution is -2.46. The first-order valence-electron chi connectivity index (χ1n) is 9.15. The SMILES string of the molecule is CCC1(C#N)CC(F)(F)CN1C(=O)Cc1nccc(C(N)=O)c1-c1ccccc1. The molecule has 0 saturated carbocycles. The summed E-state index contributed by atoms with van der Waals surface area (Å²) in [4.78, 5) is 30.1. The molecule has 0 spiro atoms. The van der Waals surface area contributed by atoms with Crippen LogP contribution in [0.5, 0.6) is 0 Å². The maximum atomic E-state index is 14.1. The zero-order chi connectivity index (χ0) is 21.2. The zero-order valence-corrected chi connectivity index (χ0v) is 15.9. The summed E-state index contributed by atoms with van der Waals surface area (Å²) in [5.74, 6) is -4.46. The first kappa shape index (κ1) is 20.4. The molecule has 0 bridgehead atoms. The number of likely N-dealkylation sites (tertiary alicyclic amines) is 1. The number of benzene rings is 1. The normalized spacial score (nSPS) is 20.3. The van der Waals surface area contributed by atoms with Crippen LogP contribution in [0.1, 0.15) is 35.8 Å². The van der Waals surface area contributed by atoms with Crippen LogP contribution in [0.25, 0.3) is 11.1 Å². The fraction of sp³-hybridized carbons (Fsp3) is 0.333. The van der Waals surface area contributed by atoms with E-state index >= 15 is 0 Å². The Labute approximate surface area is 166 Å². The Morgan fingerprint density at radius 2 is 1.97 bits per heavy atom. The predicted molar refractivity (Wildman–Crippen MR) is 102 cm³/mol. The van der Waals surface area contributed by atoms with E-state index in [1.54, 1.807) is 37.3 Å². The van der Waals surface area contributed by atoms with E-state index in [9.17, 15) is 23.6 Å². The highest BCUT2D eigenvalue weighted by molar-refractivity contribution is 6.01. The average Bonchev–Trinajstić information content (AvgIpc) is 3.00. The highest BCUT2D eigenvalue weighted by atomic mass is 19.3. The second-order valence-electron chi connectivity index (χ2n) is 7.10. The number of rotatable bonds is 5. The number of hydrogen-bond donors (Lipinski definition) is 1. The molecule has 1 saturated heterocycles. The van der Waals surface area contributed by atoms with E-state index in [1.165, 1.54) is 12.3 Å². The molecule has 0 aliphatic carbocycles. The molecular weight excluding hydrogens is 378 g/mol. The molecule has 150 valence electrons. The molecule has 1 atom stereocenters. The van der Waals surface area contributed by atoms with E-state index in [0.717, 1.165) is 4.90 Å². The van der Waals surface area contributed by atoms with Crippen LogP contribution in [0.2, 0.25) is 0 Å². The van der Waals surface area contributed by atoms with E-state index in [2.05, 4.69) is 4.98 Å². The van der Waals surface area contributed by atoms with Crippen LogP contribution in [0.15, 0.2) is 42.6 Å². The Morgan fingerprint density at radius 3 is 2.55 bits per heavy atom. The van der Waals surface area contributed by atoms with Crippen LogP contribution < -0.4 is 5.73 Å². The third kappa shape index (κ3) is 3.81. The standard InChI is InChI=1S/C21H20F2N4O2/c1-2-20(12-24)11-21(22,23)13-27(20)17(28)10-16-18(14-6-4-3-5-7-14)15(19(25)29)8-9-26-16/h3-9H,2,10-11,13H2,1H3,(H2,25,29). The van der Waals surface area contributed by atoms with Gasteiger partial charge in [0.1, 0.15) is 5.54 Å². The summed E-state index contributed by atoms with van der Waals surface area (Å²) in [6, 6.07) is 12.2. The lowest BCUT2D eigenvalue weighted by atomic mass is 9.92. The number of hydrogen-bond acceptors (Lipinski definition) is 4. The van der Waals surface area contributed by atoms with Gasteiger partial charge in [0.05, 0.1) is 30.3 Å². The van der Waals surface area contributed by atoms with Crippen LogP contribution in [0, 0.1) is 11.3 Å². The fourth-order valence-corrected chi connectivity index (χ4v) is 3.79. The fourth-order valence-electron chi connectivity index (χ4n) is 3.79. The number of alkyl halides is 2. The molecule has 1 aromatic carbocycles. The Morgan fingerprint density at radius 1 is 1.28 bits per heavy atom. The van der Waals surface area contributed by atoms with Gasteiger partial charge in [0.2, 0.25) is 11.8 Å². The van der Waals surface area contributed by atoms with Gasteiger partial charge >= 0.3 is 0 Å². The van der Waals surface area contributed by atoms with Gasteiger partial charge in [-0.1, -0.05) is 37.3 Å². The monoisotopic (exact) mass is 398 g/mol. The van der Waals surface area contributed by atoms with Gasteiger partial charge in [-0.3, -0.25) is 14.6 Å². The van der Waals surface area contributed by atoms with E-state index < -0.39 is 36.2 Å². The van der Waals surface area contributed by atoms with Gasteiger partial charge in [-0.25, -0.2) is 8.78 Å². The van der Waals surface area contributed by atoms with Crippen molar-refractivity contribution in [2.45, 2.75) is 37.6 Å². The van der Waals surface area contributed by atoms with Crippen molar-refractivity contribution < 1.29 is 18.4 Å². The molecule has 2 heterocycles. The molecule has 2 aromatic rings. The Balaban J connectivity index is 2.03. The second-order valence-corrected chi connectivity index (χ2v) is 7.10. The number of amides is 2. The Bertz CT molecular complexity index is 988. The molecule has 1 aliphatic rings. The summed E-state index contributed by atoms with van der Waals surface area (Å²) < 4.78 is 28.1. The zero-order valence-electron chi connectivity index (χ0n) is 15.9. The second kappa shape index (κ2) is 7.59. The van der Waals surface area contributed by atoms with Crippen LogP contribution in [0.4, 0.5) is 8.78 Å². The summed E-state index contributed by atoms with van der Waals surface area (Å²) in [6.07, 6.45) is 0.417. The molecule has 1 aliphatic heterocycles. The third-order valence-electron chi connectivity index (χ3n) is 5.23. The number of nitrogens with zero attached hydrogens (tertiary/aromatic N) is 3. The minimum absolute atomic E-state index is 0.0884. The van der Waals surface area contributed by atoms with E-state index in [4.69, 9.17) is 5.73 Å². The van der Waals surface area contributed by atoms with Gasteiger partial charge in [0.25, 0.3) is 5.92 Å². The highest BCUT2D eigenvalue weighted by Gasteiger charge is 2.56. The lowest BCUT2D eigenvalue weighted by Gasteiger charge is -2.30. The summed E-state index contributed by atoms with van der Waals surface area (Å²) in [6.45, 7) is 0.787. The summed E-state index contributed by atoms with van der Waals surface area (Å²) in [5.41, 5.74) is 5.38. The average molecular weight is 398 g/mol. The largest absolute Gasteiger partial charge is 0.366 e. The van der Waals surface area contributed by atoms with Crippen molar-refractivity contribution in [2.24, 2.45) is 5.73 Å². The van der Waals surface area contributed by atoms with E-state index in [0.29, 0.717) is 11.1 Å². The van der Waals surface area contributed by atoms with Gasteiger partial charge in [0, 0.05) is 18.2 Å². The van der Waals surface area contributed by atoms with Crippen molar-refractivity contribution in [1.29, 1.82) is 5.26 Å². The molecule has 1 fully saturated rings. The maximum absolute atomic E-state index is 14.1. The van der Waals surface area contributed by atoms with Gasteiger partial charge in [0.15, 0.2) is 0 Å². The van der Waals surface area contributed by atoms with E-state index in [-0.39, 0.29) is 24.1 Å². The maximum Gasteiger partial charge on any atom is 0.268 e. The van der Waals surface area contributed by atoms with Crippen LogP contribution in [-0.2, 0) is 11.2 Å². The first-order chi connectivity index (χ1) is 13.7. The number of pyridine rings is 1. The number of nitrogens with two attached hydrogens (primary N) is 1. The highest BCUT2D eigenvalue weighted by Crippen LogP contribution is 2.41. The molecule has 6 nitrogen and oxygen atoms in total. The Kier molecular flexibility index (Phi) is 5.33. The number of nitriles is 1. The summed E-state index contributed by atoms with van der Waals surface area (Å²) in [5, 5.41) is 9.53. The summed E-state index contributed by atoms with van der Waals surface area (Å²) in [7, 11) is 0. The van der Waals surface area contributed by atoms with Gasteiger partial charge in [-0.15, -0.1) is 0 Å². The van der Waals surface area contributed by atoms with Crippen molar-refractivity contribution >= 4 is 11.8 Å². The number of carbonyl (C=O) groups excluding carboxylic acids is 2. The number of primary amides is 1. The number of aromatic nitrogens is 1. The summed E-state index contributed by atoms with van der Waals surface area (Å²) >= 11 is 0. The molecular formula is C21H20F2N4O2. The van der Waals surface area contributed by atoms with Gasteiger partial charge in [-0.05, 0) is 18.1 Å². The van der Waals surface area contributed by atoms with Crippen molar-refractivity contribution in [3.8, 4) is 17.2 Å². The first-order valence-corrected chi connectivity index (χ1v) is 9.15. The number of halogens is 2. The topological polar surface area (TPSA) is 100 Å². The van der Waals surface area contributed by atoms with Crippen molar-refractivity contribution in [2.75, 3.05) is 6.54 Å². The van der Waals surface area contributed by atoms with Crippen molar-refractivity contribution in [3.63, 3.8) is 0 Å². The molecule has 1 unspecified atom stereocenters. The molecule has 8 heteroatoms. The lowest BCUT2D eigenvalue weighted by molar-refractivity contribution is -0.134. The molecule has 0 radical (unpaired) electrons. The van der Waals surface area contributed by atoms with Crippen LogP contribution in [-0.4, -0.2) is 39.7 Å². The third-order valence-corrected chi connectivity index (χ3v) is 5.23. The van der Waals surface area contributed by atoms with Crippen LogP contribution in [0.3, 0.4) is 0 Å². The molecule has 29 heavy (non-hydrogen) atoms. The molecule has 2 N–H and O–H groups in total. The van der Waals surface area contributed by atoms with Crippen molar-refractivity contribution in [1.82, 2.24) is 9.88 Å². The smallest absolute Gasteiger partial charge is 0.268 e. The number of carbonyl (C=O) groups is 2.